The Morgan fingerprint density at radius 1 is 0.769 bits per heavy atom. The van der Waals surface area contributed by atoms with Gasteiger partial charge in [0.15, 0.2) is 0 Å². The third-order valence-electron chi connectivity index (χ3n) is 5.33. The van der Waals surface area contributed by atoms with Crippen LogP contribution in [0.15, 0.2) is 36.5 Å². The van der Waals surface area contributed by atoms with Crippen molar-refractivity contribution in [3.8, 4) is 0 Å². The van der Waals surface area contributed by atoms with E-state index in [1.807, 2.05) is 45.0 Å². The van der Waals surface area contributed by atoms with Gasteiger partial charge in [0.25, 0.3) is 5.91 Å². The summed E-state index contributed by atoms with van der Waals surface area (Å²) in [4.78, 5) is 35.6. The highest BCUT2D eigenvalue weighted by molar-refractivity contribution is 6.05. The number of piperazine rings is 1. The first-order valence-electron chi connectivity index (χ1n) is 9.41. The highest BCUT2D eigenvalue weighted by atomic mass is 16.2. The van der Waals surface area contributed by atoms with Crippen LogP contribution in [0.4, 0.5) is 4.79 Å². The third-order valence-corrected chi connectivity index (χ3v) is 5.33. The molecular weight excluding hydrogens is 328 g/mol. The molecule has 3 heterocycles. The zero-order chi connectivity index (χ0) is 17.9. The summed E-state index contributed by atoms with van der Waals surface area (Å²) in [6.07, 6.45) is 5.12. The quantitative estimate of drug-likeness (QED) is 0.793. The van der Waals surface area contributed by atoms with Gasteiger partial charge in [-0.2, -0.15) is 0 Å². The number of hydrogen-bond acceptors (Lipinski definition) is 3. The SMILES string of the molecule is O=C(c1cccc2cccnc12)N1CCN(C(=O)N2CCCCC2)CC1. The van der Waals surface area contributed by atoms with E-state index in [0.29, 0.717) is 31.7 Å². The van der Waals surface area contributed by atoms with Crippen molar-refractivity contribution in [3.63, 3.8) is 0 Å². The van der Waals surface area contributed by atoms with E-state index in [9.17, 15) is 9.59 Å². The molecule has 0 saturated carbocycles. The molecule has 2 aromatic rings. The highest BCUT2D eigenvalue weighted by Crippen LogP contribution is 2.19. The van der Waals surface area contributed by atoms with Crippen LogP contribution in [0.2, 0.25) is 0 Å². The standard InChI is InChI=1S/C20H24N4O2/c25-19(17-8-4-6-16-7-5-9-21-18(16)17)22-12-14-24(15-13-22)20(26)23-10-2-1-3-11-23/h4-9H,1-3,10-15H2. The Bertz CT molecular complexity index is 803. The Kier molecular flexibility index (Phi) is 4.73. The molecule has 6 nitrogen and oxygen atoms in total. The number of piperidine rings is 1. The van der Waals surface area contributed by atoms with Gasteiger partial charge in [0.05, 0.1) is 11.1 Å². The maximum absolute atomic E-state index is 13.0. The van der Waals surface area contributed by atoms with Crippen LogP contribution >= 0.6 is 0 Å². The lowest BCUT2D eigenvalue weighted by Gasteiger charge is -2.38. The number of amides is 3. The second-order valence-corrected chi connectivity index (χ2v) is 6.99. The molecule has 2 fully saturated rings. The van der Waals surface area contributed by atoms with Gasteiger partial charge in [-0.25, -0.2) is 4.79 Å². The van der Waals surface area contributed by atoms with Crippen LogP contribution in [0.1, 0.15) is 29.6 Å². The third kappa shape index (κ3) is 3.23. The predicted molar refractivity (Wildman–Crippen MR) is 100 cm³/mol. The monoisotopic (exact) mass is 352 g/mol. The fraction of sp³-hybridized carbons (Fsp3) is 0.450. The minimum Gasteiger partial charge on any atom is -0.335 e. The minimum absolute atomic E-state index is 0.000582. The average molecular weight is 352 g/mol. The number of nitrogens with zero attached hydrogens (tertiary/aromatic N) is 4. The number of benzene rings is 1. The number of urea groups is 1. The van der Waals surface area contributed by atoms with E-state index in [1.165, 1.54) is 6.42 Å². The lowest BCUT2D eigenvalue weighted by molar-refractivity contribution is 0.0634. The molecule has 1 aromatic heterocycles. The summed E-state index contributed by atoms with van der Waals surface area (Å²) in [5.41, 5.74) is 1.38. The topological polar surface area (TPSA) is 56.8 Å². The summed E-state index contributed by atoms with van der Waals surface area (Å²) >= 11 is 0. The average Bonchev–Trinajstić information content (AvgIpc) is 2.73. The highest BCUT2D eigenvalue weighted by Gasteiger charge is 2.28. The molecule has 0 unspecified atom stereocenters. The van der Waals surface area contributed by atoms with Gasteiger partial charge in [-0.05, 0) is 31.4 Å². The van der Waals surface area contributed by atoms with Crippen molar-refractivity contribution in [3.05, 3.63) is 42.1 Å². The summed E-state index contributed by atoms with van der Waals surface area (Å²) in [6, 6.07) is 9.67. The molecule has 0 aliphatic carbocycles. The van der Waals surface area contributed by atoms with Crippen LogP contribution in [0.5, 0.6) is 0 Å². The van der Waals surface area contributed by atoms with Gasteiger partial charge in [-0.1, -0.05) is 18.2 Å². The van der Waals surface area contributed by atoms with Gasteiger partial charge in [0, 0.05) is 50.9 Å². The molecule has 2 aliphatic heterocycles. The number of carbonyl (C=O) groups excluding carboxylic acids is 2. The van der Waals surface area contributed by atoms with Crippen LogP contribution in [-0.2, 0) is 0 Å². The summed E-state index contributed by atoms with van der Waals surface area (Å²) in [5, 5.41) is 0.970. The lowest BCUT2D eigenvalue weighted by Crippen LogP contribution is -2.54. The summed E-state index contributed by atoms with van der Waals surface area (Å²) in [5.74, 6) is -0.000582. The first-order chi connectivity index (χ1) is 12.7. The molecule has 0 atom stereocenters. The van der Waals surface area contributed by atoms with Gasteiger partial charge in [0.1, 0.15) is 0 Å². The minimum atomic E-state index is -0.000582. The smallest absolute Gasteiger partial charge is 0.320 e. The number of aromatic nitrogens is 1. The van der Waals surface area contributed by atoms with Crippen LogP contribution in [0, 0.1) is 0 Å². The Balaban J connectivity index is 1.42. The fourth-order valence-corrected chi connectivity index (χ4v) is 3.83. The van der Waals surface area contributed by atoms with Crippen LogP contribution in [0.3, 0.4) is 0 Å². The molecule has 0 spiro atoms. The molecule has 3 amide bonds. The Labute approximate surface area is 153 Å². The van der Waals surface area contributed by atoms with Gasteiger partial charge < -0.3 is 14.7 Å². The van der Waals surface area contributed by atoms with Crippen molar-refractivity contribution in [2.45, 2.75) is 19.3 Å². The van der Waals surface area contributed by atoms with E-state index in [0.717, 1.165) is 36.8 Å². The van der Waals surface area contributed by atoms with Crippen molar-refractivity contribution in [1.82, 2.24) is 19.7 Å². The van der Waals surface area contributed by atoms with Crippen molar-refractivity contribution >= 4 is 22.8 Å². The van der Waals surface area contributed by atoms with E-state index < -0.39 is 0 Å². The zero-order valence-electron chi connectivity index (χ0n) is 14.9. The van der Waals surface area contributed by atoms with E-state index >= 15 is 0 Å². The molecule has 1 aromatic carbocycles. The number of pyridine rings is 1. The number of fused-ring (bicyclic) bond motifs is 1. The van der Waals surface area contributed by atoms with Crippen LogP contribution in [0.25, 0.3) is 10.9 Å². The van der Waals surface area contributed by atoms with Crippen LogP contribution in [-0.4, -0.2) is 70.9 Å². The fourth-order valence-electron chi connectivity index (χ4n) is 3.83. The summed E-state index contributed by atoms with van der Waals surface area (Å²) < 4.78 is 0. The van der Waals surface area contributed by atoms with Gasteiger partial charge in [-0.15, -0.1) is 0 Å². The van der Waals surface area contributed by atoms with Gasteiger partial charge >= 0.3 is 6.03 Å². The first-order valence-corrected chi connectivity index (χ1v) is 9.41. The van der Waals surface area contributed by atoms with Crippen molar-refractivity contribution in [2.75, 3.05) is 39.3 Å². The number of rotatable bonds is 1. The molecule has 0 bridgehead atoms. The molecular formula is C20H24N4O2. The Hall–Kier alpha value is -2.63. The zero-order valence-corrected chi connectivity index (χ0v) is 14.9. The normalized spacial score (nSPS) is 18.2. The molecule has 136 valence electrons. The molecule has 2 saturated heterocycles. The number of para-hydroxylation sites is 1. The Morgan fingerprint density at radius 2 is 1.42 bits per heavy atom. The second-order valence-electron chi connectivity index (χ2n) is 6.99. The van der Waals surface area contributed by atoms with Gasteiger partial charge in [0.2, 0.25) is 0 Å². The predicted octanol–water partition coefficient (Wildman–Crippen LogP) is 2.60. The number of carbonyl (C=O) groups is 2. The van der Waals surface area contributed by atoms with E-state index in [1.54, 1.807) is 6.20 Å². The molecule has 26 heavy (non-hydrogen) atoms. The molecule has 2 aliphatic rings. The molecule has 0 radical (unpaired) electrons. The lowest BCUT2D eigenvalue weighted by atomic mass is 10.1. The molecule has 6 heteroatoms. The Morgan fingerprint density at radius 3 is 2.19 bits per heavy atom. The maximum atomic E-state index is 13.0. The largest absolute Gasteiger partial charge is 0.335 e. The first kappa shape index (κ1) is 16.8. The van der Waals surface area contributed by atoms with E-state index in [-0.39, 0.29) is 11.9 Å². The van der Waals surface area contributed by atoms with Crippen molar-refractivity contribution in [2.24, 2.45) is 0 Å². The molecule has 0 N–H and O–H groups in total. The summed E-state index contributed by atoms with van der Waals surface area (Å²) in [7, 11) is 0. The maximum Gasteiger partial charge on any atom is 0.320 e. The number of hydrogen-bond donors (Lipinski definition) is 0. The van der Waals surface area contributed by atoms with Crippen molar-refractivity contribution < 1.29 is 9.59 Å². The van der Waals surface area contributed by atoms with E-state index in [4.69, 9.17) is 0 Å². The van der Waals surface area contributed by atoms with Gasteiger partial charge in [-0.3, -0.25) is 9.78 Å². The summed E-state index contributed by atoms with van der Waals surface area (Å²) in [6.45, 7) is 4.06. The molecule has 4 rings (SSSR count). The second kappa shape index (κ2) is 7.32. The van der Waals surface area contributed by atoms with E-state index in [2.05, 4.69) is 4.98 Å². The van der Waals surface area contributed by atoms with Crippen molar-refractivity contribution in [1.29, 1.82) is 0 Å². The number of likely N-dealkylation sites (tertiary alicyclic amines) is 1. The van der Waals surface area contributed by atoms with Crippen LogP contribution < -0.4 is 0 Å².